The first-order valence-electron chi connectivity index (χ1n) is 9.16. The lowest BCUT2D eigenvalue weighted by atomic mass is 10.2. The van der Waals surface area contributed by atoms with Gasteiger partial charge in [-0.15, -0.1) is 10.2 Å². The second kappa shape index (κ2) is 6.72. The molecule has 0 radical (unpaired) electrons. The van der Waals surface area contributed by atoms with E-state index in [9.17, 15) is 9.90 Å². The number of aliphatic hydroxyl groups is 1. The molecule has 1 saturated heterocycles. The summed E-state index contributed by atoms with van der Waals surface area (Å²) >= 11 is 3.47. The number of anilines is 1. The number of rotatable bonds is 3. The van der Waals surface area contributed by atoms with Gasteiger partial charge in [0.1, 0.15) is 0 Å². The number of benzene rings is 2. The zero-order valence-electron chi connectivity index (χ0n) is 15.0. The van der Waals surface area contributed by atoms with Crippen molar-refractivity contribution in [3.63, 3.8) is 0 Å². The van der Waals surface area contributed by atoms with Crippen LogP contribution in [0.25, 0.3) is 16.7 Å². The molecular formula is C20H18BrN5O2. The molecule has 1 unspecified atom stereocenters. The van der Waals surface area contributed by atoms with E-state index in [0.29, 0.717) is 43.2 Å². The summed E-state index contributed by atoms with van der Waals surface area (Å²) in [5, 5.41) is 19.3. The quantitative estimate of drug-likeness (QED) is 0.530. The molecule has 1 fully saturated rings. The molecule has 1 aliphatic heterocycles. The van der Waals surface area contributed by atoms with Crippen LogP contribution in [0, 0.1) is 0 Å². The van der Waals surface area contributed by atoms with E-state index >= 15 is 0 Å². The summed E-state index contributed by atoms with van der Waals surface area (Å²) in [5.41, 5.74) is 1.67. The molecule has 0 spiro atoms. The zero-order valence-corrected chi connectivity index (χ0v) is 16.6. The summed E-state index contributed by atoms with van der Waals surface area (Å²) < 4.78 is 4.42. The highest BCUT2D eigenvalue weighted by Crippen LogP contribution is 2.25. The van der Waals surface area contributed by atoms with E-state index in [1.54, 1.807) is 4.57 Å². The first-order valence-corrected chi connectivity index (χ1v) is 9.95. The van der Waals surface area contributed by atoms with Crippen LogP contribution in [0.1, 0.15) is 12.0 Å². The normalized spacial score (nSPS) is 17.1. The Labute approximate surface area is 169 Å². The van der Waals surface area contributed by atoms with Crippen molar-refractivity contribution >= 4 is 38.6 Å². The van der Waals surface area contributed by atoms with Crippen molar-refractivity contribution in [1.82, 2.24) is 19.2 Å². The van der Waals surface area contributed by atoms with Crippen molar-refractivity contribution in [2.24, 2.45) is 0 Å². The Morgan fingerprint density at radius 3 is 2.71 bits per heavy atom. The first kappa shape index (κ1) is 17.4. The minimum Gasteiger partial charge on any atom is -0.391 e. The van der Waals surface area contributed by atoms with Crippen LogP contribution in [0.15, 0.2) is 57.8 Å². The molecule has 1 N–H and O–H groups in total. The van der Waals surface area contributed by atoms with E-state index in [2.05, 4.69) is 26.1 Å². The number of aliphatic hydroxyl groups excluding tert-OH is 1. The molecule has 1 atom stereocenters. The zero-order chi connectivity index (χ0) is 19.3. The largest absolute Gasteiger partial charge is 0.391 e. The van der Waals surface area contributed by atoms with E-state index in [1.807, 2.05) is 57.8 Å². The molecule has 28 heavy (non-hydrogen) atoms. The Morgan fingerprint density at radius 2 is 1.96 bits per heavy atom. The van der Waals surface area contributed by atoms with Gasteiger partial charge in [-0.1, -0.05) is 46.3 Å². The molecule has 5 rings (SSSR count). The molecule has 8 heteroatoms. The fourth-order valence-electron chi connectivity index (χ4n) is 3.81. The number of fused-ring (bicyclic) bond motifs is 3. The molecule has 7 nitrogen and oxygen atoms in total. The van der Waals surface area contributed by atoms with Gasteiger partial charge in [0.2, 0.25) is 11.7 Å². The van der Waals surface area contributed by atoms with Crippen LogP contribution in [-0.4, -0.2) is 43.5 Å². The lowest BCUT2D eigenvalue weighted by Crippen LogP contribution is -2.26. The van der Waals surface area contributed by atoms with E-state index in [4.69, 9.17) is 0 Å². The minimum absolute atomic E-state index is 0.104. The standard InChI is InChI=1S/C20H18BrN5O2/c21-14-6-7-17-16(10-14)18(28)25(11-13-4-2-1-3-5-13)20-23-22-19(26(17)20)24-9-8-15(27)12-24/h1-7,10,15,27H,8-9,11-12H2. The predicted octanol–water partition coefficient (Wildman–Crippen LogP) is 2.43. The Morgan fingerprint density at radius 1 is 1.14 bits per heavy atom. The van der Waals surface area contributed by atoms with Crippen molar-refractivity contribution < 1.29 is 5.11 Å². The summed E-state index contributed by atoms with van der Waals surface area (Å²) in [7, 11) is 0. The van der Waals surface area contributed by atoms with Gasteiger partial charge in [-0.05, 0) is 30.2 Å². The van der Waals surface area contributed by atoms with Crippen LogP contribution in [0.2, 0.25) is 0 Å². The molecule has 0 aliphatic carbocycles. The molecule has 1 aliphatic rings. The topological polar surface area (TPSA) is 75.7 Å². The van der Waals surface area contributed by atoms with Gasteiger partial charge in [0.15, 0.2) is 0 Å². The number of halogens is 1. The number of hydrogen-bond donors (Lipinski definition) is 1. The average Bonchev–Trinajstić information content (AvgIpc) is 3.32. The molecular weight excluding hydrogens is 422 g/mol. The highest BCUT2D eigenvalue weighted by Gasteiger charge is 2.26. The van der Waals surface area contributed by atoms with Crippen molar-refractivity contribution in [3.05, 3.63) is 68.9 Å². The monoisotopic (exact) mass is 439 g/mol. The lowest BCUT2D eigenvalue weighted by molar-refractivity contribution is 0.198. The Hall–Kier alpha value is -2.71. The summed E-state index contributed by atoms with van der Waals surface area (Å²) in [6.45, 7) is 1.63. The third kappa shape index (κ3) is 2.80. The van der Waals surface area contributed by atoms with Crippen LogP contribution in [0.3, 0.4) is 0 Å². The van der Waals surface area contributed by atoms with Gasteiger partial charge in [-0.2, -0.15) is 0 Å². The summed E-state index contributed by atoms with van der Waals surface area (Å²) in [5.74, 6) is 1.15. The summed E-state index contributed by atoms with van der Waals surface area (Å²) in [6, 6.07) is 15.5. The average molecular weight is 440 g/mol. The highest BCUT2D eigenvalue weighted by molar-refractivity contribution is 9.10. The van der Waals surface area contributed by atoms with E-state index in [0.717, 1.165) is 15.6 Å². The molecule has 2 aromatic heterocycles. The highest BCUT2D eigenvalue weighted by atomic mass is 79.9. The summed E-state index contributed by atoms with van der Waals surface area (Å²) in [6.07, 6.45) is 0.324. The Bertz CT molecular complexity index is 1230. The van der Waals surface area contributed by atoms with Crippen LogP contribution in [-0.2, 0) is 6.54 Å². The van der Waals surface area contributed by atoms with Gasteiger partial charge < -0.3 is 10.0 Å². The van der Waals surface area contributed by atoms with Gasteiger partial charge in [-0.3, -0.25) is 9.36 Å². The summed E-state index contributed by atoms with van der Waals surface area (Å²) in [4.78, 5) is 15.3. The van der Waals surface area contributed by atoms with Crippen LogP contribution >= 0.6 is 15.9 Å². The van der Waals surface area contributed by atoms with Crippen molar-refractivity contribution in [2.75, 3.05) is 18.0 Å². The van der Waals surface area contributed by atoms with Gasteiger partial charge >= 0.3 is 0 Å². The van der Waals surface area contributed by atoms with Crippen molar-refractivity contribution in [2.45, 2.75) is 19.1 Å². The molecule has 0 bridgehead atoms. The Kier molecular flexibility index (Phi) is 4.17. The lowest BCUT2D eigenvalue weighted by Gasteiger charge is -2.17. The van der Waals surface area contributed by atoms with Crippen LogP contribution in [0.5, 0.6) is 0 Å². The SMILES string of the molecule is O=c1c2cc(Br)ccc2n2c(N3CCC(O)C3)nnc2n1Cc1ccccc1. The van der Waals surface area contributed by atoms with Crippen LogP contribution < -0.4 is 10.5 Å². The predicted molar refractivity (Wildman–Crippen MR) is 111 cm³/mol. The molecule has 142 valence electrons. The number of β-amino-alcohol motifs (C(OH)–C–C–N with tert-alkyl or cyclic N) is 1. The maximum atomic E-state index is 13.3. The van der Waals surface area contributed by atoms with Crippen molar-refractivity contribution in [1.29, 1.82) is 0 Å². The molecule has 2 aromatic carbocycles. The van der Waals surface area contributed by atoms with Gasteiger partial charge in [0, 0.05) is 17.6 Å². The molecule has 3 heterocycles. The number of aromatic nitrogens is 4. The maximum absolute atomic E-state index is 13.3. The second-order valence-corrected chi connectivity index (χ2v) is 7.98. The third-order valence-electron chi connectivity index (χ3n) is 5.18. The van der Waals surface area contributed by atoms with Gasteiger partial charge in [0.25, 0.3) is 5.56 Å². The first-order chi connectivity index (χ1) is 13.6. The van der Waals surface area contributed by atoms with Gasteiger partial charge in [0.05, 0.1) is 23.6 Å². The third-order valence-corrected chi connectivity index (χ3v) is 5.67. The fourth-order valence-corrected chi connectivity index (χ4v) is 4.17. The van der Waals surface area contributed by atoms with E-state index in [-0.39, 0.29) is 11.7 Å². The number of hydrogen-bond acceptors (Lipinski definition) is 5. The van der Waals surface area contributed by atoms with E-state index < -0.39 is 0 Å². The maximum Gasteiger partial charge on any atom is 0.263 e. The molecule has 4 aromatic rings. The fraction of sp³-hybridized carbons (Fsp3) is 0.250. The van der Waals surface area contributed by atoms with Gasteiger partial charge in [-0.25, -0.2) is 4.40 Å². The molecule has 0 saturated carbocycles. The van der Waals surface area contributed by atoms with E-state index in [1.165, 1.54) is 0 Å². The van der Waals surface area contributed by atoms with Crippen molar-refractivity contribution in [3.8, 4) is 0 Å². The second-order valence-electron chi connectivity index (χ2n) is 7.06. The Balaban J connectivity index is 1.80. The number of nitrogens with zero attached hydrogens (tertiary/aromatic N) is 5. The van der Waals surface area contributed by atoms with Crippen LogP contribution in [0.4, 0.5) is 5.95 Å². The minimum atomic E-state index is -0.372. The molecule has 0 amide bonds. The smallest absolute Gasteiger partial charge is 0.263 e.